The number of β-amino-alcohol motifs (C(OH)–C–C–N with tert-alkyl or cyclic N) is 1. The van der Waals surface area contributed by atoms with Gasteiger partial charge in [0.15, 0.2) is 0 Å². The molecule has 1 aromatic carbocycles. The van der Waals surface area contributed by atoms with Crippen LogP contribution in [0.25, 0.3) is 5.70 Å². The van der Waals surface area contributed by atoms with Gasteiger partial charge in [0.1, 0.15) is 5.82 Å². The lowest BCUT2D eigenvalue weighted by Gasteiger charge is -2.37. The van der Waals surface area contributed by atoms with Crippen molar-refractivity contribution in [3.63, 3.8) is 0 Å². The van der Waals surface area contributed by atoms with Gasteiger partial charge in [-0.05, 0) is 42.2 Å². The number of allylic oxidation sites excluding steroid dienone is 1. The molecule has 19 heavy (non-hydrogen) atoms. The van der Waals surface area contributed by atoms with Crippen LogP contribution in [0.5, 0.6) is 0 Å². The Labute approximate surface area is 112 Å². The van der Waals surface area contributed by atoms with E-state index in [9.17, 15) is 9.50 Å². The van der Waals surface area contributed by atoms with Crippen molar-refractivity contribution >= 4 is 5.70 Å². The average Bonchev–Trinajstić information content (AvgIpc) is 2.41. The molecule has 4 heteroatoms. The number of hydrogen-bond donors (Lipinski definition) is 1. The smallest absolute Gasteiger partial charge is 0.123 e. The molecule has 1 aliphatic rings. The van der Waals surface area contributed by atoms with Gasteiger partial charge in [0.2, 0.25) is 0 Å². The van der Waals surface area contributed by atoms with E-state index in [2.05, 4.69) is 0 Å². The first kappa shape index (κ1) is 13.6. The van der Waals surface area contributed by atoms with E-state index in [-0.39, 0.29) is 11.7 Å². The van der Waals surface area contributed by atoms with Crippen LogP contribution >= 0.6 is 0 Å². The molecule has 1 aliphatic heterocycles. The second-order valence-corrected chi connectivity index (χ2v) is 4.94. The number of aliphatic hydroxyl groups excluding tert-OH is 1. The fourth-order valence-corrected chi connectivity index (χ4v) is 2.31. The molecule has 2 atom stereocenters. The molecule has 1 heterocycles. The third-order valence-electron chi connectivity index (χ3n) is 3.60. The van der Waals surface area contributed by atoms with Crippen LogP contribution < -0.4 is 0 Å². The minimum Gasteiger partial charge on any atom is -0.391 e. The van der Waals surface area contributed by atoms with Crippen LogP contribution in [0.2, 0.25) is 0 Å². The van der Waals surface area contributed by atoms with Gasteiger partial charge in [-0.3, -0.25) is 0 Å². The third-order valence-corrected chi connectivity index (χ3v) is 3.60. The van der Waals surface area contributed by atoms with Crippen LogP contribution in [0.4, 0.5) is 4.39 Å². The molecule has 100 valence electrons. The van der Waals surface area contributed by atoms with Gasteiger partial charge in [-0.2, -0.15) is 5.26 Å². The van der Waals surface area contributed by atoms with Crippen LogP contribution in [0.15, 0.2) is 30.3 Å². The second kappa shape index (κ2) is 5.85. The molecular weight excluding hydrogens is 243 g/mol. The van der Waals surface area contributed by atoms with Gasteiger partial charge >= 0.3 is 0 Å². The number of benzene rings is 1. The maximum Gasteiger partial charge on any atom is 0.123 e. The monoisotopic (exact) mass is 260 g/mol. The molecule has 0 spiro atoms. The summed E-state index contributed by atoms with van der Waals surface area (Å²) in [4.78, 5) is 1.99. The van der Waals surface area contributed by atoms with E-state index in [0.717, 1.165) is 24.2 Å². The Hall–Kier alpha value is -1.86. The highest BCUT2D eigenvalue weighted by molar-refractivity contribution is 5.66. The number of piperidine rings is 1. The highest BCUT2D eigenvalue weighted by Gasteiger charge is 2.25. The standard InChI is InChI=1S/C15H17FN2O/c1-11-7-9-18(10-15(11)19)14(6-8-17)12-2-4-13(16)5-3-12/h2-6,11,15,19H,7,9-10H2,1H3/b14-6+. The van der Waals surface area contributed by atoms with E-state index in [1.807, 2.05) is 17.9 Å². The van der Waals surface area contributed by atoms with Crippen molar-refractivity contribution in [1.29, 1.82) is 5.26 Å². The lowest BCUT2D eigenvalue weighted by Crippen LogP contribution is -2.41. The Kier molecular flexibility index (Phi) is 4.18. The van der Waals surface area contributed by atoms with Crippen LogP contribution in [-0.4, -0.2) is 29.2 Å². The number of hydrogen-bond acceptors (Lipinski definition) is 3. The molecule has 2 unspecified atom stereocenters. The molecule has 0 amide bonds. The van der Waals surface area contributed by atoms with Crippen molar-refractivity contribution in [3.8, 4) is 6.07 Å². The summed E-state index contributed by atoms with van der Waals surface area (Å²) in [5, 5.41) is 18.9. The molecule has 1 aromatic rings. The SMILES string of the molecule is CC1CCN(/C(=C/C#N)c2ccc(F)cc2)CC1O. The number of rotatable bonds is 2. The minimum absolute atomic E-state index is 0.271. The summed E-state index contributed by atoms with van der Waals surface area (Å²) in [6.45, 7) is 3.32. The first-order chi connectivity index (χ1) is 9.11. The van der Waals surface area contributed by atoms with E-state index in [1.54, 1.807) is 12.1 Å². The summed E-state index contributed by atoms with van der Waals surface area (Å²) in [6.07, 6.45) is 1.94. The minimum atomic E-state index is -0.392. The van der Waals surface area contributed by atoms with Crippen molar-refractivity contribution in [2.45, 2.75) is 19.4 Å². The molecule has 1 fully saturated rings. The van der Waals surface area contributed by atoms with Crippen LogP contribution in [0, 0.1) is 23.1 Å². The van der Waals surface area contributed by atoms with E-state index in [4.69, 9.17) is 5.26 Å². The summed E-state index contributed by atoms with van der Waals surface area (Å²) in [5.74, 6) is -0.0276. The molecule has 0 radical (unpaired) electrons. The van der Waals surface area contributed by atoms with Gasteiger partial charge in [0.25, 0.3) is 0 Å². The largest absolute Gasteiger partial charge is 0.391 e. The van der Waals surface area contributed by atoms with E-state index < -0.39 is 6.10 Å². The van der Waals surface area contributed by atoms with Gasteiger partial charge in [-0.15, -0.1) is 0 Å². The van der Waals surface area contributed by atoms with Crippen LogP contribution in [0.3, 0.4) is 0 Å². The van der Waals surface area contributed by atoms with Crippen molar-refractivity contribution in [2.75, 3.05) is 13.1 Å². The van der Waals surface area contributed by atoms with Crippen LogP contribution in [-0.2, 0) is 0 Å². The van der Waals surface area contributed by atoms with Gasteiger partial charge in [0, 0.05) is 19.2 Å². The topological polar surface area (TPSA) is 47.3 Å². The fraction of sp³-hybridized carbons (Fsp3) is 0.400. The molecule has 1 saturated heterocycles. The second-order valence-electron chi connectivity index (χ2n) is 4.94. The normalized spacial score (nSPS) is 24.1. The highest BCUT2D eigenvalue weighted by atomic mass is 19.1. The van der Waals surface area contributed by atoms with E-state index in [0.29, 0.717) is 6.54 Å². The predicted octanol–water partition coefficient (Wildman–Crippen LogP) is 2.39. The number of nitrogens with zero attached hydrogens (tertiary/aromatic N) is 2. The van der Waals surface area contributed by atoms with Gasteiger partial charge < -0.3 is 10.0 Å². The molecule has 2 rings (SSSR count). The van der Waals surface area contributed by atoms with E-state index in [1.165, 1.54) is 18.2 Å². The third kappa shape index (κ3) is 3.12. The van der Waals surface area contributed by atoms with E-state index >= 15 is 0 Å². The maximum atomic E-state index is 13.0. The molecule has 0 aliphatic carbocycles. The molecule has 0 bridgehead atoms. The lowest BCUT2D eigenvalue weighted by atomic mass is 9.95. The molecule has 3 nitrogen and oxygen atoms in total. The first-order valence-corrected chi connectivity index (χ1v) is 6.40. The highest BCUT2D eigenvalue weighted by Crippen LogP contribution is 2.26. The molecule has 1 N–H and O–H groups in total. The van der Waals surface area contributed by atoms with Crippen LogP contribution in [0.1, 0.15) is 18.9 Å². The first-order valence-electron chi connectivity index (χ1n) is 6.40. The van der Waals surface area contributed by atoms with Crippen molar-refractivity contribution in [2.24, 2.45) is 5.92 Å². The Morgan fingerprint density at radius 2 is 2.16 bits per heavy atom. The Morgan fingerprint density at radius 1 is 1.47 bits per heavy atom. The number of halogens is 1. The van der Waals surface area contributed by atoms with Gasteiger partial charge in [-0.25, -0.2) is 4.39 Å². The molecule has 0 saturated carbocycles. The van der Waals surface area contributed by atoms with Crippen molar-refractivity contribution < 1.29 is 9.50 Å². The lowest BCUT2D eigenvalue weighted by molar-refractivity contribution is 0.0525. The zero-order valence-electron chi connectivity index (χ0n) is 10.9. The van der Waals surface area contributed by atoms with Crippen molar-refractivity contribution in [3.05, 3.63) is 41.7 Å². The quantitative estimate of drug-likeness (QED) is 0.831. The Bertz CT molecular complexity index is 504. The average molecular weight is 260 g/mol. The summed E-state index contributed by atoms with van der Waals surface area (Å²) in [7, 11) is 0. The summed E-state index contributed by atoms with van der Waals surface area (Å²) < 4.78 is 13.0. The Balaban J connectivity index is 2.24. The zero-order valence-corrected chi connectivity index (χ0v) is 10.9. The zero-order chi connectivity index (χ0) is 13.8. The number of likely N-dealkylation sites (tertiary alicyclic amines) is 1. The van der Waals surface area contributed by atoms with Gasteiger partial charge in [-0.1, -0.05) is 6.92 Å². The number of aliphatic hydroxyl groups is 1. The number of nitriles is 1. The predicted molar refractivity (Wildman–Crippen MR) is 71.4 cm³/mol. The fourth-order valence-electron chi connectivity index (χ4n) is 2.31. The summed E-state index contributed by atoms with van der Waals surface area (Å²) >= 11 is 0. The van der Waals surface area contributed by atoms with Crippen molar-refractivity contribution in [1.82, 2.24) is 4.90 Å². The summed E-state index contributed by atoms with van der Waals surface area (Å²) in [6, 6.07) is 8.09. The van der Waals surface area contributed by atoms with Gasteiger partial charge in [0.05, 0.1) is 17.9 Å². The summed E-state index contributed by atoms with van der Waals surface area (Å²) in [5.41, 5.74) is 1.54. The molecular formula is C15H17FN2O. The Morgan fingerprint density at radius 3 is 2.74 bits per heavy atom. The maximum absolute atomic E-state index is 13.0. The molecule has 0 aromatic heterocycles.